The summed E-state index contributed by atoms with van der Waals surface area (Å²) in [5, 5.41) is 0.655. The number of hydrogen-bond acceptors (Lipinski definition) is 2. The number of nitrogens with zero attached hydrogens (tertiary/aromatic N) is 2. The standard InChI is InChI=1S/C12H13ClN2O2/c1-8-11(16)14(2)12(17)15(8)7-9-3-5-10(13)6-4-9/h3-6,8H,7H2,1-2H3/t8-/m0/s1. The number of imide groups is 1. The molecule has 0 aromatic heterocycles. The van der Waals surface area contributed by atoms with Crippen molar-refractivity contribution in [2.75, 3.05) is 7.05 Å². The Hall–Kier alpha value is -1.55. The number of urea groups is 1. The molecule has 1 aromatic rings. The number of carbonyl (C=O) groups is 2. The first-order chi connectivity index (χ1) is 8.00. The van der Waals surface area contributed by atoms with E-state index >= 15 is 0 Å². The van der Waals surface area contributed by atoms with Gasteiger partial charge in [0.05, 0.1) is 0 Å². The van der Waals surface area contributed by atoms with Crippen LogP contribution in [-0.2, 0) is 11.3 Å². The molecule has 17 heavy (non-hydrogen) atoms. The van der Waals surface area contributed by atoms with Crippen LogP contribution in [0.4, 0.5) is 4.79 Å². The summed E-state index contributed by atoms with van der Waals surface area (Å²) >= 11 is 5.79. The van der Waals surface area contributed by atoms with Crippen LogP contribution in [-0.4, -0.2) is 34.8 Å². The molecule has 0 N–H and O–H groups in total. The minimum absolute atomic E-state index is 0.163. The Morgan fingerprint density at radius 3 is 2.29 bits per heavy atom. The van der Waals surface area contributed by atoms with Gasteiger partial charge in [0.15, 0.2) is 0 Å². The molecule has 1 aliphatic rings. The van der Waals surface area contributed by atoms with Gasteiger partial charge < -0.3 is 4.90 Å². The van der Waals surface area contributed by atoms with E-state index in [0.717, 1.165) is 10.5 Å². The lowest BCUT2D eigenvalue weighted by Crippen LogP contribution is -2.32. The Bertz CT molecular complexity index is 458. The van der Waals surface area contributed by atoms with Crippen molar-refractivity contribution in [3.63, 3.8) is 0 Å². The average Bonchev–Trinajstić information content (AvgIpc) is 2.50. The second-order valence-corrected chi connectivity index (χ2v) is 4.55. The van der Waals surface area contributed by atoms with E-state index in [1.807, 2.05) is 12.1 Å². The number of amides is 3. The lowest BCUT2D eigenvalue weighted by Gasteiger charge is -2.18. The molecule has 0 radical (unpaired) electrons. The van der Waals surface area contributed by atoms with Gasteiger partial charge in [0, 0.05) is 18.6 Å². The Labute approximate surface area is 105 Å². The maximum Gasteiger partial charge on any atom is 0.327 e. The maximum atomic E-state index is 11.8. The normalized spacial score (nSPS) is 20.3. The molecule has 90 valence electrons. The Kier molecular flexibility index (Phi) is 3.07. The Morgan fingerprint density at radius 2 is 1.82 bits per heavy atom. The van der Waals surface area contributed by atoms with Gasteiger partial charge in [-0.1, -0.05) is 23.7 Å². The van der Waals surface area contributed by atoms with Gasteiger partial charge in [-0.25, -0.2) is 4.79 Å². The van der Waals surface area contributed by atoms with E-state index in [9.17, 15) is 9.59 Å². The summed E-state index contributed by atoms with van der Waals surface area (Å²) in [6, 6.07) is 6.60. The summed E-state index contributed by atoms with van der Waals surface area (Å²) in [6.07, 6.45) is 0. The van der Waals surface area contributed by atoms with Crippen LogP contribution < -0.4 is 0 Å². The minimum atomic E-state index is -0.400. The van der Waals surface area contributed by atoms with E-state index < -0.39 is 6.04 Å². The summed E-state index contributed by atoms with van der Waals surface area (Å²) in [6.45, 7) is 2.16. The Morgan fingerprint density at radius 1 is 1.24 bits per heavy atom. The van der Waals surface area contributed by atoms with Crippen LogP contribution in [0.3, 0.4) is 0 Å². The first-order valence-electron chi connectivity index (χ1n) is 5.33. The number of benzene rings is 1. The second kappa shape index (κ2) is 4.37. The van der Waals surface area contributed by atoms with Gasteiger partial charge in [-0.05, 0) is 24.6 Å². The van der Waals surface area contributed by atoms with Gasteiger partial charge >= 0.3 is 6.03 Å². The zero-order valence-electron chi connectivity index (χ0n) is 9.68. The molecule has 0 saturated carbocycles. The SMILES string of the molecule is C[C@H]1C(=O)N(C)C(=O)N1Cc1ccc(Cl)cc1. The van der Waals surface area contributed by atoms with Crippen molar-refractivity contribution in [2.24, 2.45) is 0 Å². The monoisotopic (exact) mass is 252 g/mol. The first kappa shape index (κ1) is 11.9. The average molecular weight is 253 g/mol. The molecule has 0 spiro atoms. The molecule has 1 aromatic carbocycles. The van der Waals surface area contributed by atoms with Crippen molar-refractivity contribution >= 4 is 23.5 Å². The molecule has 1 saturated heterocycles. The molecule has 0 unspecified atom stereocenters. The highest BCUT2D eigenvalue weighted by molar-refractivity contribution is 6.30. The van der Waals surface area contributed by atoms with Crippen molar-refractivity contribution in [1.29, 1.82) is 0 Å². The van der Waals surface area contributed by atoms with Crippen LogP contribution >= 0.6 is 11.6 Å². The van der Waals surface area contributed by atoms with Crippen molar-refractivity contribution in [1.82, 2.24) is 9.80 Å². The number of hydrogen-bond donors (Lipinski definition) is 0. The molecule has 0 aliphatic carbocycles. The molecule has 1 aliphatic heterocycles. The summed E-state index contributed by atoms with van der Waals surface area (Å²) in [7, 11) is 1.50. The number of likely N-dealkylation sites (N-methyl/N-ethyl adjacent to an activating group) is 1. The lowest BCUT2D eigenvalue weighted by atomic mass is 10.2. The zero-order chi connectivity index (χ0) is 12.6. The van der Waals surface area contributed by atoms with E-state index in [1.165, 1.54) is 7.05 Å². The van der Waals surface area contributed by atoms with Gasteiger partial charge in [-0.3, -0.25) is 9.69 Å². The highest BCUT2D eigenvalue weighted by atomic mass is 35.5. The van der Waals surface area contributed by atoms with Crippen molar-refractivity contribution in [3.05, 3.63) is 34.9 Å². The highest BCUT2D eigenvalue weighted by Crippen LogP contribution is 2.19. The second-order valence-electron chi connectivity index (χ2n) is 4.11. The van der Waals surface area contributed by atoms with Crippen LogP contribution in [0.25, 0.3) is 0 Å². The van der Waals surface area contributed by atoms with Crippen molar-refractivity contribution < 1.29 is 9.59 Å². The third-order valence-corrected chi connectivity index (χ3v) is 3.21. The van der Waals surface area contributed by atoms with Crippen LogP contribution in [0.5, 0.6) is 0 Å². The van der Waals surface area contributed by atoms with Gasteiger partial charge in [0.25, 0.3) is 5.91 Å². The largest absolute Gasteiger partial charge is 0.327 e. The van der Waals surface area contributed by atoms with Gasteiger partial charge in [-0.15, -0.1) is 0 Å². The van der Waals surface area contributed by atoms with E-state index in [-0.39, 0.29) is 11.9 Å². The molecule has 1 atom stereocenters. The molecule has 5 heteroatoms. The summed E-state index contributed by atoms with van der Waals surface area (Å²) in [5.74, 6) is -0.163. The van der Waals surface area contributed by atoms with Crippen LogP contribution in [0, 0.1) is 0 Å². The molecule has 1 fully saturated rings. The molecule has 2 rings (SSSR count). The first-order valence-corrected chi connectivity index (χ1v) is 5.71. The molecule has 0 bridgehead atoms. The predicted molar refractivity (Wildman–Crippen MR) is 64.6 cm³/mol. The van der Waals surface area contributed by atoms with Crippen molar-refractivity contribution in [3.8, 4) is 0 Å². The van der Waals surface area contributed by atoms with E-state index in [1.54, 1.807) is 24.0 Å². The maximum absolute atomic E-state index is 11.8. The fraction of sp³-hybridized carbons (Fsp3) is 0.333. The van der Waals surface area contributed by atoms with E-state index in [4.69, 9.17) is 11.6 Å². The fourth-order valence-electron chi connectivity index (χ4n) is 1.86. The van der Waals surface area contributed by atoms with E-state index in [2.05, 4.69) is 0 Å². The lowest BCUT2D eigenvalue weighted by molar-refractivity contribution is -0.127. The van der Waals surface area contributed by atoms with Gasteiger partial charge in [-0.2, -0.15) is 0 Å². The molecule has 4 nitrogen and oxygen atoms in total. The van der Waals surface area contributed by atoms with Gasteiger partial charge in [0.2, 0.25) is 0 Å². The molecular formula is C12H13ClN2O2. The van der Waals surface area contributed by atoms with Crippen LogP contribution in [0.15, 0.2) is 24.3 Å². The van der Waals surface area contributed by atoms with Gasteiger partial charge in [0.1, 0.15) is 6.04 Å². The fourth-order valence-corrected chi connectivity index (χ4v) is 1.98. The van der Waals surface area contributed by atoms with E-state index in [0.29, 0.717) is 11.6 Å². The third-order valence-electron chi connectivity index (χ3n) is 2.95. The van der Waals surface area contributed by atoms with Crippen LogP contribution in [0.1, 0.15) is 12.5 Å². The van der Waals surface area contributed by atoms with Crippen molar-refractivity contribution in [2.45, 2.75) is 19.5 Å². The summed E-state index contributed by atoms with van der Waals surface area (Å²) < 4.78 is 0. The summed E-state index contributed by atoms with van der Waals surface area (Å²) in [5.41, 5.74) is 0.956. The number of halogens is 1. The molecule has 3 amide bonds. The number of rotatable bonds is 2. The quantitative estimate of drug-likeness (QED) is 0.757. The summed E-state index contributed by atoms with van der Waals surface area (Å²) in [4.78, 5) is 26.1. The number of carbonyl (C=O) groups excluding carboxylic acids is 2. The highest BCUT2D eigenvalue weighted by Gasteiger charge is 2.39. The molecule has 1 heterocycles. The third kappa shape index (κ3) is 2.13. The Balaban J connectivity index is 2.16. The zero-order valence-corrected chi connectivity index (χ0v) is 10.4. The smallest absolute Gasteiger partial charge is 0.308 e. The minimum Gasteiger partial charge on any atom is -0.308 e. The molecular weight excluding hydrogens is 240 g/mol. The van der Waals surface area contributed by atoms with Crippen LogP contribution in [0.2, 0.25) is 5.02 Å². The predicted octanol–water partition coefficient (Wildman–Crippen LogP) is 2.12. The topological polar surface area (TPSA) is 40.6 Å².